The van der Waals surface area contributed by atoms with E-state index in [1.807, 2.05) is 0 Å². The molecular formula is C3H12N2Si. The van der Waals surface area contributed by atoms with E-state index in [1.54, 1.807) is 0 Å². The minimum atomic E-state index is 0.275. The third-order valence-electron chi connectivity index (χ3n) is 0.827. The molecule has 0 aromatic carbocycles. The summed E-state index contributed by atoms with van der Waals surface area (Å²) in [4.78, 5) is 0. The zero-order valence-electron chi connectivity index (χ0n) is 4.15. The van der Waals surface area contributed by atoms with Gasteiger partial charge in [0.2, 0.25) is 0 Å². The van der Waals surface area contributed by atoms with Crippen LogP contribution in [-0.2, 0) is 0 Å². The topological polar surface area (TPSA) is 52.0 Å². The maximum absolute atomic E-state index is 5.38. The van der Waals surface area contributed by atoms with Gasteiger partial charge in [0, 0.05) is 22.8 Å². The second-order valence-corrected chi connectivity index (χ2v) is 2.22. The second kappa shape index (κ2) is 3.33. The molecule has 3 heteroatoms. The zero-order chi connectivity index (χ0) is 4.99. The second-order valence-electron chi connectivity index (χ2n) is 1.40. The lowest BCUT2D eigenvalue weighted by molar-refractivity contribution is 0.751. The van der Waals surface area contributed by atoms with Crippen molar-refractivity contribution in [2.45, 2.75) is 12.1 Å². The summed E-state index contributed by atoms with van der Waals surface area (Å²) >= 11 is 0. The minimum absolute atomic E-state index is 0.275. The molecule has 0 fully saturated rings. The first kappa shape index (κ1) is 6.14. The highest BCUT2D eigenvalue weighted by Gasteiger charge is 1.88. The molecule has 0 saturated heterocycles. The van der Waals surface area contributed by atoms with E-state index >= 15 is 0 Å². The Balaban J connectivity index is 2.75. The van der Waals surface area contributed by atoms with E-state index in [0.717, 1.165) is 6.04 Å². The van der Waals surface area contributed by atoms with Crippen molar-refractivity contribution in [3.05, 3.63) is 0 Å². The molecule has 4 N–H and O–H groups in total. The Bertz CT molecular complexity index is 28.0. The summed E-state index contributed by atoms with van der Waals surface area (Å²) in [7, 11) is 1.18. The molecule has 2 nitrogen and oxygen atoms in total. The Morgan fingerprint density at radius 3 is 2.17 bits per heavy atom. The molecule has 0 bridgehead atoms. The predicted molar refractivity (Wildman–Crippen MR) is 31.8 cm³/mol. The maximum atomic E-state index is 5.38. The van der Waals surface area contributed by atoms with Gasteiger partial charge in [-0.25, -0.2) is 0 Å². The highest BCUT2D eigenvalue weighted by Crippen LogP contribution is 1.74. The highest BCUT2D eigenvalue weighted by atomic mass is 28.1. The van der Waals surface area contributed by atoms with Crippen molar-refractivity contribution in [1.29, 1.82) is 0 Å². The molecular weight excluding hydrogens is 92.1 g/mol. The van der Waals surface area contributed by atoms with Crippen molar-refractivity contribution in [2.75, 3.05) is 6.54 Å². The summed E-state index contributed by atoms with van der Waals surface area (Å²) in [6.45, 7) is 0.642. The molecule has 0 aliphatic rings. The average Bonchev–Trinajstić information content (AvgIpc) is 1.65. The summed E-state index contributed by atoms with van der Waals surface area (Å²) in [6.07, 6.45) is 0. The molecule has 1 unspecified atom stereocenters. The van der Waals surface area contributed by atoms with Crippen molar-refractivity contribution in [2.24, 2.45) is 11.5 Å². The van der Waals surface area contributed by atoms with Gasteiger partial charge in [-0.1, -0.05) is 0 Å². The molecule has 0 amide bonds. The lowest BCUT2D eigenvalue weighted by Gasteiger charge is -1.99. The molecule has 6 heavy (non-hydrogen) atoms. The third-order valence-corrected chi connectivity index (χ3v) is 1.88. The molecule has 0 aromatic heterocycles. The van der Waals surface area contributed by atoms with Gasteiger partial charge in [0.05, 0.1) is 0 Å². The van der Waals surface area contributed by atoms with E-state index in [0.29, 0.717) is 6.54 Å². The van der Waals surface area contributed by atoms with E-state index in [4.69, 9.17) is 11.5 Å². The largest absolute Gasteiger partial charge is 0.329 e. The van der Waals surface area contributed by atoms with Gasteiger partial charge < -0.3 is 11.5 Å². The molecule has 0 saturated carbocycles. The molecule has 0 radical (unpaired) electrons. The van der Waals surface area contributed by atoms with Crippen LogP contribution in [0, 0.1) is 0 Å². The first-order valence-corrected chi connectivity index (χ1v) is 3.68. The van der Waals surface area contributed by atoms with Crippen LogP contribution in [0.3, 0.4) is 0 Å². The number of hydrogen-bond acceptors (Lipinski definition) is 2. The number of hydrogen-bond donors (Lipinski definition) is 2. The van der Waals surface area contributed by atoms with Gasteiger partial charge >= 0.3 is 0 Å². The lowest BCUT2D eigenvalue weighted by atomic mass is 10.4. The molecule has 38 valence electrons. The van der Waals surface area contributed by atoms with Gasteiger partial charge in [-0.2, -0.15) is 0 Å². The van der Waals surface area contributed by atoms with Crippen LogP contribution >= 0.6 is 0 Å². The quantitative estimate of drug-likeness (QED) is 0.400. The summed E-state index contributed by atoms with van der Waals surface area (Å²) in [5, 5.41) is 0. The van der Waals surface area contributed by atoms with E-state index in [9.17, 15) is 0 Å². The van der Waals surface area contributed by atoms with Crippen LogP contribution < -0.4 is 11.5 Å². The first-order chi connectivity index (χ1) is 2.81. The predicted octanol–water partition coefficient (Wildman–Crippen LogP) is -1.94. The molecule has 1 atom stereocenters. The lowest BCUT2D eigenvalue weighted by Crippen LogP contribution is -2.28. The van der Waals surface area contributed by atoms with Crippen LogP contribution in [0.25, 0.3) is 0 Å². The van der Waals surface area contributed by atoms with Crippen LogP contribution in [0.4, 0.5) is 0 Å². The van der Waals surface area contributed by atoms with Gasteiger partial charge in [-0.3, -0.25) is 0 Å². The van der Waals surface area contributed by atoms with Crippen LogP contribution in [0.1, 0.15) is 0 Å². The van der Waals surface area contributed by atoms with Crippen molar-refractivity contribution in [1.82, 2.24) is 0 Å². The van der Waals surface area contributed by atoms with Crippen LogP contribution in [0.15, 0.2) is 0 Å². The van der Waals surface area contributed by atoms with Crippen molar-refractivity contribution in [3.63, 3.8) is 0 Å². The van der Waals surface area contributed by atoms with E-state index < -0.39 is 0 Å². The highest BCUT2D eigenvalue weighted by molar-refractivity contribution is 6.08. The SMILES string of the molecule is NCC(N)C[SiH3]. The molecule has 0 spiro atoms. The van der Waals surface area contributed by atoms with E-state index in [-0.39, 0.29) is 6.04 Å². The van der Waals surface area contributed by atoms with E-state index in [1.165, 1.54) is 10.2 Å². The third kappa shape index (κ3) is 2.38. The summed E-state index contributed by atoms with van der Waals surface area (Å²) in [5.41, 5.74) is 10.6. The average molecular weight is 104 g/mol. The van der Waals surface area contributed by atoms with Gasteiger partial charge in [0.25, 0.3) is 0 Å². The molecule has 0 aromatic rings. The van der Waals surface area contributed by atoms with Crippen molar-refractivity contribution >= 4 is 10.2 Å². The fourth-order valence-electron chi connectivity index (χ4n) is 0.167. The van der Waals surface area contributed by atoms with Gasteiger partial charge in [-0.05, 0) is 6.04 Å². The molecule has 0 rings (SSSR count). The smallest absolute Gasteiger partial charge is 0.0131 e. The Labute approximate surface area is 41.3 Å². The van der Waals surface area contributed by atoms with Gasteiger partial charge in [0.15, 0.2) is 0 Å². The van der Waals surface area contributed by atoms with Crippen LogP contribution in [0.5, 0.6) is 0 Å². The van der Waals surface area contributed by atoms with Crippen LogP contribution in [0.2, 0.25) is 6.04 Å². The Morgan fingerprint density at radius 2 is 2.17 bits per heavy atom. The standard InChI is InChI=1S/C3H12N2Si/c4-1-3(5)2-6/h3H,1-2,4-5H2,6H3. The normalized spacial score (nSPS) is 15.0. The van der Waals surface area contributed by atoms with Crippen molar-refractivity contribution < 1.29 is 0 Å². The van der Waals surface area contributed by atoms with E-state index in [2.05, 4.69) is 0 Å². The minimum Gasteiger partial charge on any atom is -0.329 e. The Morgan fingerprint density at radius 1 is 1.67 bits per heavy atom. The summed E-state index contributed by atoms with van der Waals surface area (Å²) < 4.78 is 0. The molecule has 0 aliphatic carbocycles. The number of rotatable bonds is 2. The monoisotopic (exact) mass is 104 g/mol. The summed E-state index contributed by atoms with van der Waals surface area (Å²) in [6, 6.07) is 1.40. The zero-order valence-corrected chi connectivity index (χ0v) is 6.15. The van der Waals surface area contributed by atoms with Gasteiger partial charge in [-0.15, -0.1) is 0 Å². The fraction of sp³-hybridized carbons (Fsp3) is 1.00. The van der Waals surface area contributed by atoms with Crippen molar-refractivity contribution in [3.8, 4) is 0 Å². The summed E-state index contributed by atoms with van der Waals surface area (Å²) in [5.74, 6) is 0. The number of nitrogens with two attached hydrogens (primary N) is 2. The fourth-order valence-corrected chi connectivity index (χ4v) is 0.500. The molecule has 0 aliphatic heterocycles. The Hall–Kier alpha value is 0.137. The molecule has 0 heterocycles. The van der Waals surface area contributed by atoms with Crippen LogP contribution in [-0.4, -0.2) is 22.8 Å². The maximum Gasteiger partial charge on any atom is 0.0131 e. The first-order valence-electron chi connectivity index (χ1n) is 2.27. The Kier molecular flexibility index (Phi) is 3.41. The van der Waals surface area contributed by atoms with Gasteiger partial charge in [0.1, 0.15) is 0 Å².